The van der Waals surface area contributed by atoms with Crippen molar-refractivity contribution in [2.45, 2.75) is 31.8 Å². The molecular weight excluding hydrogens is 411 g/mol. The Labute approximate surface area is 179 Å². The van der Waals surface area contributed by atoms with E-state index in [1.54, 1.807) is 11.3 Å². The Morgan fingerprint density at radius 3 is 2.89 bits per heavy atom. The van der Waals surface area contributed by atoms with Crippen LogP contribution in [0.3, 0.4) is 0 Å². The molecule has 0 bridgehead atoms. The number of halogens is 2. The minimum Gasteiger partial charge on any atom is -0.354 e. The van der Waals surface area contributed by atoms with E-state index < -0.39 is 0 Å². The molecule has 146 valence electrons. The summed E-state index contributed by atoms with van der Waals surface area (Å²) in [6.07, 6.45) is 2.68. The largest absolute Gasteiger partial charge is 0.354 e. The highest BCUT2D eigenvalue weighted by Gasteiger charge is 2.25. The number of carbonyl (C=O) groups excluding carboxylic acids is 1. The molecule has 4 rings (SSSR count). The lowest BCUT2D eigenvalue weighted by Crippen LogP contribution is -2.40. The molecule has 3 aromatic rings. The monoisotopic (exact) mass is 432 g/mol. The molecule has 1 aliphatic heterocycles. The van der Waals surface area contributed by atoms with Gasteiger partial charge in [-0.25, -0.2) is 0 Å². The van der Waals surface area contributed by atoms with E-state index in [2.05, 4.69) is 27.7 Å². The molecular formula is C22H22Cl2N2OS. The molecule has 6 heteroatoms. The molecule has 1 aliphatic rings. The smallest absolute Gasteiger partial charge is 0.224 e. The van der Waals surface area contributed by atoms with Crippen LogP contribution in [0.4, 0.5) is 0 Å². The van der Waals surface area contributed by atoms with Crippen molar-refractivity contribution in [3.05, 3.63) is 69.0 Å². The zero-order chi connectivity index (χ0) is 19.5. The fraction of sp³-hybridized carbons (Fsp3) is 0.318. The second-order valence-electron chi connectivity index (χ2n) is 7.25. The van der Waals surface area contributed by atoms with Gasteiger partial charge in [-0.15, -0.1) is 11.3 Å². The van der Waals surface area contributed by atoms with Crippen molar-refractivity contribution < 1.29 is 4.79 Å². The van der Waals surface area contributed by atoms with Crippen LogP contribution in [0, 0.1) is 0 Å². The first-order valence-electron chi connectivity index (χ1n) is 9.50. The first kappa shape index (κ1) is 19.7. The molecule has 1 saturated heterocycles. The maximum atomic E-state index is 12.5. The van der Waals surface area contributed by atoms with Gasteiger partial charge in [0.15, 0.2) is 0 Å². The standard InChI is InChI=1S/C22H22Cl2N2OS/c23-19-8-7-15(10-20(19)24)13-26-9-3-4-17(26)12-25-22(27)11-16-14-28-21-6-2-1-5-18(16)21/h1-2,5-8,10,14,17H,3-4,9,11-13H2,(H,25,27)/t17-/m1/s1. The highest BCUT2D eigenvalue weighted by molar-refractivity contribution is 7.17. The summed E-state index contributed by atoms with van der Waals surface area (Å²) in [5, 5.41) is 7.59. The molecule has 1 amide bonds. The van der Waals surface area contributed by atoms with Gasteiger partial charge in [0.2, 0.25) is 5.91 Å². The minimum absolute atomic E-state index is 0.0879. The summed E-state index contributed by atoms with van der Waals surface area (Å²) in [5.74, 6) is 0.0879. The fourth-order valence-electron chi connectivity index (χ4n) is 3.84. The van der Waals surface area contributed by atoms with Gasteiger partial charge >= 0.3 is 0 Å². The number of hydrogen-bond donors (Lipinski definition) is 1. The van der Waals surface area contributed by atoms with Crippen molar-refractivity contribution in [3.63, 3.8) is 0 Å². The van der Waals surface area contributed by atoms with Gasteiger partial charge < -0.3 is 5.32 Å². The third kappa shape index (κ3) is 4.52. The van der Waals surface area contributed by atoms with E-state index in [4.69, 9.17) is 23.2 Å². The topological polar surface area (TPSA) is 32.3 Å². The number of hydrogen-bond acceptors (Lipinski definition) is 3. The van der Waals surface area contributed by atoms with Crippen LogP contribution < -0.4 is 5.32 Å². The molecule has 0 aliphatic carbocycles. The Bertz CT molecular complexity index is 988. The first-order chi connectivity index (χ1) is 13.6. The van der Waals surface area contributed by atoms with Crippen molar-refractivity contribution in [2.24, 2.45) is 0 Å². The number of likely N-dealkylation sites (tertiary alicyclic amines) is 1. The highest BCUT2D eigenvalue weighted by Crippen LogP contribution is 2.27. The number of nitrogens with one attached hydrogen (secondary N) is 1. The van der Waals surface area contributed by atoms with Crippen LogP contribution in [-0.2, 0) is 17.8 Å². The molecule has 1 fully saturated rings. The molecule has 28 heavy (non-hydrogen) atoms. The van der Waals surface area contributed by atoms with Crippen LogP contribution >= 0.6 is 34.5 Å². The van der Waals surface area contributed by atoms with E-state index in [1.165, 1.54) is 10.1 Å². The lowest BCUT2D eigenvalue weighted by Gasteiger charge is -2.25. The van der Waals surface area contributed by atoms with Crippen LogP contribution in [0.25, 0.3) is 10.1 Å². The Balaban J connectivity index is 1.33. The summed E-state index contributed by atoms with van der Waals surface area (Å²) < 4.78 is 1.23. The number of benzene rings is 2. The van der Waals surface area contributed by atoms with Crippen molar-refractivity contribution in [1.82, 2.24) is 10.2 Å². The van der Waals surface area contributed by atoms with Crippen molar-refractivity contribution in [3.8, 4) is 0 Å². The van der Waals surface area contributed by atoms with E-state index in [9.17, 15) is 4.79 Å². The van der Waals surface area contributed by atoms with Crippen LogP contribution in [-0.4, -0.2) is 29.9 Å². The summed E-state index contributed by atoms with van der Waals surface area (Å²) in [7, 11) is 0. The second-order valence-corrected chi connectivity index (χ2v) is 8.98. The summed E-state index contributed by atoms with van der Waals surface area (Å²) in [6.45, 7) is 2.55. The Hall–Kier alpha value is -1.59. The van der Waals surface area contributed by atoms with Gasteiger partial charge in [0.25, 0.3) is 0 Å². The van der Waals surface area contributed by atoms with Gasteiger partial charge in [0.1, 0.15) is 0 Å². The van der Waals surface area contributed by atoms with Gasteiger partial charge in [-0.3, -0.25) is 9.69 Å². The van der Waals surface area contributed by atoms with Gasteiger partial charge in [-0.2, -0.15) is 0 Å². The average molecular weight is 433 g/mol. The maximum Gasteiger partial charge on any atom is 0.224 e. The Morgan fingerprint density at radius 2 is 2.04 bits per heavy atom. The average Bonchev–Trinajstić information content (AvgIpc) is 3.30. The second kappa shape index (κ2) is 8.83. The maximum absolute atomic E-state index is 12.5. The van der Waals surface area contributed by atoms with E-state index in [0.717, 1.165) is 37.1 Å². The quantitative estimate of drug-likeness (QED) is 0.554. The molecule has 1 aromatic heterocycles. The summed E-state index contributed by atoms with van der Waals surface area (Å²) in [6, 6.07) is 14.4. The zero-order valence-corrected chi connectivity index (χ0v) is 17.8. The van der Waals surface area contributed by atoms with E-state index in [0.29, 0.717) is 29.1 Å². The van der Waals surface area contributed by atoms with E-state index in [1.807, 2.05) is 30.3 Å². The van der Waals surface area contributed by atoms with E-state index >= 15 is 0 Å². The summed E-state index contributed by atoms with van der Waals surface area (Å²) in [5.41, 5.74) is 2.26. The van der Waals surface area contributed by atoms with Crippen molar-refractivity contribution >= 4 is 50.5 Å². The number of nitrogens with zero attached hydrogens (tertiary/aromatic N) is 1. The molecule has 0 saturated carbocycles. The molecule has 0 spiro atoms. The number of carbonyl (C=O) groups is 1. The highest BCUT2D eigenvalue weighted by atomic mass is 35.5. The van der Waals surface area contributed by atoms with Gasteiger partial charge in [0.05, 0.1) is 16.5 Å². The third-order valence-electron chi connectivity index (χ3n) is 5.32. The molecule has 2 aromatic carbocycles. The normalized spacial score (nSPS) is 17.3. The molecule has 0 unspecified atom stereocenters. The SMILES string of the molecule is O=C(Cc1csc2ccccc12)NC[C@H]1CCCN1Cc1ccc(Cl)c(Cl)c1. The van der Waals surface area contributed by atoms with Gasteiger partial charge in [-0.1, -0.05) is 47.5 Å². The van der Waals surface area contributed by atoms with Crippen molar-refractivity contribution in [1.29, 1.82) is 0 Å². The number of amides is 1. The van der Waals surface area contributed by atoms with Crippen LogP contribution in [0.15, 0.2) is 47.8 Å². The third-order valence-corrected chi connectivity index (χ3v) is 7.07. The summed E-state index contributed by atoms with van der Waals surface area (Å²) in [4.78, 5) is 14.9. The predicted octanol–water partition coefficient (Wildman–Crippen LogP) is 5.53. The molecule has 1 atom stereocenters. The Morgan fingerprint density at radius 1 is 1.18 bits per heavy atom. The molecule has 0 radical (unpaired) electrons. The minimum atomic E-state index is 0.0879. The number of thiophene rings is 1. The Kier molecular flexibility index (Phi) is 6.22. The lowest BCUT2D eigenvalue weighted by molar-refractivity contribution is -0.120. The van der Waals surface area contributed by atoms with Gasteiger partial charge in [-0.05, 0) is 59.5 Å². The molecule has 3 nitrogen and oxygen atoms in total. The predicted molar refractivity (Wildman–Crippen MR) is 118 cm³/mol. The van der Waals surface area contributed by atoms with Crippen LogP contribution in [0.1, 0.15) is 24.0 Å². The van der Waals surface area contributed by atoms with Crippen molar-refractivity contribution in [2.75, 3.05) is 13.1 Å². The van der Waals surface area contributed by atoms with E-state index in [-0.39, 0.29) is 5.91 Å². The summed E-state index contributed by atoms with van der Waals surface area (Å²) >= 11 is 13.8. The van der Waals surface area contributed by atoms with Crippen LogP contribution in [0.5, 0.6) is 0 Å². The molecule has 1 N–H and O–H groups in total. The number of rotatable bonds is 6. The zero-order valence-electron chi connectivity index (χ0n) is 15.5. The first-order valence-corrected chi connectivity index (χ1v) is 11.1. The lowest BCUT2D eigenvalue weighted by atomic mass is 10.1. The molecule has 2 heterocycles. The fourth-order valence-corrected chi connectivity index (χ4v) is 5.13. The van der Waals surface area contributed by atoms with Gasteiger partial charge in [0, 0.05) is 23.8 Å². The van der Waals surface area contributed by atoms with Crippen LogP contribution in [0.2, 0.25) is 10.0 Å². The number of fused-ring (bicyclic) bond motifs is 1.